The molecule has 2 amide bonds. The zero-order valence-electron chi connectivity index (χ0n) is 9.31. The first-order chi connectivity index (χ1) is 8.11. The van der Waals surface area contributed by atoms with Crippen molar-refractivity contribution in [3.05, 3.63) is 42.5 Å². The van der Waals surface area contributed by atoms with Crippen LogP contribution in [0.15, 0.2) is 36.9 Å². The number of carbonyl (C=O) groups excluding carboxylic acids is 1. The highest BCUT2D eigenvalue weighted by molar-refractivity contribution is 5.99. The first-order valence-electron chi connectivity index (χ1n) is 5.27. The predicted octanol–water partition coefficient (Wildman–Crippen LogP) is 1.05. The van der Waals surface area contributed by atoms with Crippen molar-refractivity contribution in [3.63, 3.8) is 0 Å². The van der Waals surface area contributed by atoms with E-state index in [0.717, 1.165) is 5.69 Å². The van der Waals surface area contributed by atoms with Crippen LogP contribution in [0.5, 0.6) is 0 Å². The Balaban J connectivity index is 2.28. The van der Waals surface area contributed by atoms with Gasteiger partial charge in [0.1, 0.15) is 5.84 Å². The second-order valence-electron chi connectivity index (χ2n) is 3.87. The summed E-state index contributed by atoms with van der Waals surface area (Å²) in [6, 6.07) is 6.87. The SMILES string of the molecule is C=CC1CN(c2cccc(C(=N)N)c2)C(=O)N1. The van der Waals surface area contributed by atoms with Gasteiger partial charge in [-0.05, 0) is 12.1 Å². The monoisotopic (exact) mass is 230 g/mol. The molecular formula is C12H14N4O. The van der Waals surface area contributed by atoms with E-state index in [4.69, 9.17) is 11.1 Å². The Kier molecular flexibility index (Phi) is 2.82. The fraction of sp³-hybridized carbons (Fsp3) is 0.167. The highest BCUT2D eigenvalue weighted by Gasteiger charge is 2.27. The van der Waals surface area contributed by atoms with Crippen LogP contribution in [0.1, 0.15) is 5.56 Å². The zero-order valence-corrected chi connectivity index (χ0v) is 9.31. The molecule has 1 unspecified atom stereocenters. The number of benzene rings is 1. The summed E-state index contributed by atoms with van der Waals surface area (Å²) in [7, 11) is 0. The van der Waals surface area contributed by atoms with Crippen molar-refractivity contribution >= 4 is 17.6 Å². The summed E-state index contributed by atoms with van der Waals surface area (Å²) in [4.78, 5) is 13.3. The number of amides is 2. The number of nitrogens with two attached hydrogens (primary N) is 1. The molecule has 1 aromatic rings. The van der Waals surface area contributed by atoms with E-state index in [9.17, 15) is 4.79 Å². The number of hydrogen-bond acceptors (Lipinski definition) is 2. The lowest BCUT2D eigenvalue weighted by Crippen LogP contribution is -2.28. The Morgan fingerprint density at radius 1 is 1.65 bits per heavy atom. The third-order valence-corrected chi connectivity index (χ3v) is 2.69. The highest BCUT2D eigenvalue weighted by atomic mass is 16.2. The van der Waals surface area contributed by atoms with Crippen LogP contribution in [-0.4, -0.2) is 24.5 Å². The second-order valence-corrected chi connectivity index (χ2v) is 3.87. The van der Waals surface area contributed by atoms with Crippen molar-refractivity contribution in [2.75, 3.05) is 11.4 Å². The normalized spacial score (nSPS) is 18.9. The molecule has 4 N–H and O–H groups in total. The van der Waals surface area contributed by atoms with Gasteiger partial charge in [-0.3, -0.25) is 10.3 Å². The number of rotatable bonds is 3. The van der Waals surface area contributed by atoms with Crippen LogP contribution < -0.4 is 16.0 Å². The second kappa shape index (κ2) is 4.29. The van der Waals surface area contributed by atoms with Crippen molar-refractivity contribution in [3.8, 4) is 0 Å². The molecule has 2 rings (SSSR count). The Labute approximate surface area is 99.4 Å². The van der Waals surface area contributed by atoms with Crippen LogP contribution in [0.3, 0.4) is 0 Å². The van der Waals surface area contributed by atoms with E-state index >= 15 is 0 Å². The molecule has 5 nitrogen and oxygen atoms in total. The molecule has 0 saturated carbocycles. The summed E-state index contributed by atoms with van der Waals surface area (Å²) >= 11 is 0. The standard InChI is InChI=1S/C12H14N4O/c1-2-9-7-16(12(17)15-9)10-5-3-4-8(6-10)11(13)14/h2-6,9H,1,7H2,(H3,13,14)(H,15,17). The highest BCUT2D eigenvalue weighted by Crippen LogP contribution is 2.19. The molecule has 1 aromatic carbocycles. The molecule has 0 aromatic heterocycles. The first kappa shape index (κ1) is 11.2. The average molecular weight is 230 g/mol. The van der Waals surface area contributed by atoms with Gasteiger partial charge in [0.05, 0.1) is 12.6 Å². The maximum Gasteiger partial charge on any atom is 0.322 e. The Morgan fingerprint density at radius 2 is 2.41 bits per heavy atom. The summed E-state index contributed by atoms with van der Waals surface area (Å²) < 4.78 is 0. The number of amidine groups is 1. The third kappa shape index (κ3) is 2.13. The molecule has 5 heteroatoms. The lowest BCUT2D eigenvalue weighted by molar-refractivity contribution is 0.251. The molecule has 0 spiro atoms. The molecule has 1 fully saturated rings. The minimum absolute atomic E-state index is 0.00766. The fourth-order valence-electron chi connectivity index (χ4n) is 1.76. The summed E-state index contributed by atoms with van der Waals surface area (Å²) in [6.07, 6.45) is 1.70. The molecule has 0 aliphatic carbocycles. The summed E-state index contributed by atoms with van der Waals surface area (Å²) in [5.41, 5.74) is 6.76. The van der Waals surface area contributed by atoms with Gasteiger partial charge in [-0.25, -0.2) is 4.79 Å². The van der Waals surface area contributed by atoms with Crippen LogP contribution >= 0.6 is 0 Å². The molecule has 0 bridgehead atoms. The van der Waals surface area contributed by atoms with E-state index in [-0.39, 0.29) is 17.9 Å². The van der Waals surface area contributed by atoms with Gasteiger partial charge in [-0.1, -0.05) is 18.2 Å². The van der Waals surface area contributed by atoms with Crippen molar-refractivity contribution in [2.45, 2.75) is 6.04 Å². The molecule has 1 heterocycles. The maximum absolute atomic E-state index is 11.7. The van der Waals surface area contributed by atoms with Crippen molar-refractivity contribution < 1.29 is 4.79 Å². The Morgan fingerprint density at radius 3 is 3.00 bits per heavy atom. The summed E-state index contributed by atoms with van der Waals surface area (Å²) in [6.45, 7) is 4.20. The fourth-order valence-corrected chi connectivity index (χ4v) is 1.76. The largest absolute Gasteiger partial charge is 0.384 e. The lowest BCUT2D eigenvalue weighted by atomic mass is 10.1. The Hall–Kier alpha value is -2.30. The van der Waals surface area contributed by atoms with E-state index in [1.165, 1.54) is 0 Å². The molecule has 88 valence electrons. The van der Waals surface area contributed by atoms with E-state index in [1.54, 1.807) is 29.2 Å². The summed E-state index contributed by atoms with van der Waals surface area (Å²) in [5, 5.41) is 10.2. The number of nitrogen functional groups attached to an aromatic ring is 1. The van der Waals surface area contributed by atoms with E-state index in [2.05, 4.69) is 11.9 Å². The van der Waals surface area contributed by atoms with E-state index in [1.807, 2.05) is 6.07 Å². The number of hydrogen-bond donors (Lipinski definition) is 3. The number of carbonyl (C=O) groups is 1. The minimum atomic E-state index is -0.157. The van der Waals surface area contributed by atoms with Gasteiger partial charge in [-0.15, -0.1) is 6.58 Å². The molecule has 1 aliphatic rings. The number of nitrogens with zero attached hydrogens (tertiary/aromatic N) is 1. The van der Waals surface area contributed by atoms with Crippen molar-refractivity contribution in [2.24, 2.45) is 5.73 Å². The predicted molar refractivity (Wildman–Crippen MR) is 67.3 cm³/mol. The number of urea groups is 1. The van der Waals surface area contributed by atoms with Gasteiger partial charge in [0.25, 0.3) is 0 Å². The van der Waals surface area contributed by atoms with Gasteiger partial charge < -0.3 is 11.1 Å². The lowest BCUT2D eigenvalue weighted by Gasteiger charge is -2.15. The van der Waals surface area contributed by atoms with Crippen LogP contribution in [0.25, 0.3) is 0 Å². The summed E-state index contributed by atoms with van der Waals surface area (Å²) in [5.74, 6) is -0.00766. The van der Waals surface area contributed by atoms with Gasteiger partial charge >= 0.3 is 6.03 Å². The smallest absolute Gasteiger partial charge is 0.322 e. The maximum atomic E-state index is 11.7. The molecule has 1 atom stereocenters. The van der Waals surface area contributed by atoms with Crippen LogP contribution in [0.2, 0.25) is 0 Å². The van der Waals surface area contributed by atoms with Gasteiger partial charge in [0.2, 0.25) is 0 Å². The average Bonchev–Trinajstić information content (AvgIpc) is 2.71. The molecule has 1 aliphatic heterocycles. The van der Waals surface area contributed by atoms with Crippen molar-refractivity contribution in [1.82, 2.24) is 5.32 Å². The number of nitrogens with one attached hydrogen (secondary N) is 2. The Bertz CT molecular complexity index is 483. The first-order valence-corrected chi connectivity index (χ1v) is 5.27. The molecule has 1 saturated heterocycles. The third-order valence-electron chi connectivity index (χ3n) is 2.69. The van der Waals surface area contributed by atoms with Crippen molar-refractivity contribution in [1.29, 1.82) is 5.41 Å². The van der Waals surface area contributed by atoms with Gasteiger partial charge in [0.15, 0.2) is 0 Å². The minimum Gasteiger partial charge on any atom is -0.384 e. The van der Waals surface area contributed by atoms with Crippen LogP contribution in [0.4, 0.5) is 10.5 Å². The number of anilines is 1. The van der Waals surface area contributed by atoms with Crippen LogP contribution in [-0.2, 0) is 0 Å². The van der Waals surface area contributed by atoms with Crippen LogP contribution in [0, 0.1) is 5.41 Å². The molecule has 17 heavy (non-hydrogen) atoms. The topological polar surface area (TPSA) is 82.2 Å². The van der Waals surface area contributed by atoms with Gasteiger partial charge in [0, 0.05) is 11.3 Å². The van der Waals surface area contributed by atoms with E-state index in [0.29, 0.717) is 12.1 Å². The van der Waals surface area contributed by atoms with E-state index < -0.39 is 0 Å². The zero-order chi connectivity index (χ0) is 12.4. The van der Waals surface area contributed by atoms with Gasteiger partial charge in [-0.2, -0.15) is 0 Å². The molecular weight excluding hydrogens is 216 g/mol. The quantitative estimate of drug-likeness (QED) is 0.412. The molecule has 0 radical (unpaired) electrons.